The third-order valence-electron chi connectivity index (χ3n) is 5.47. The van der Waals surface area contributed by atoms with Gasteiger partial charge in [0, 0.05) is 37.4 Å². The smallest absolute Gasteiger partial charge is 0.234 e. The van der Waals surface area contributed by atoms with Crippen LogP contribution in [0.25, 0.3) is 11.4 Å². The average Bonchev–Trinajstić information content (AvgIpc) is 3.21. The molecule has 1 saturated heterocycles. The number of thioether (sulfide) groups is 1. The van der Waals surface area contributed by atoms with Gasteiger partial charge in [0.05, 0.1) is 19.0 Å². The van der Waals surface area contributed by atoms with Crippen molar-refractivity contribution in [2.75, 3.05) is 37.4 Å². The van der Waals surface area contributed by atoms with E-state index < -0.39 is 0 Å². The predicted molar refractivity (Wildman–Crippen MR) is 128 cm³/mol. The normalized spacial score (nSPS) is 14.4. The van der Waals surface area contributed by atoms with Gasteiger partial charge in [-0.25, -0.2) is 0 Å². The number of anilines is 1. The second-order valence-corrected chi connectivity index (χ2v) is 8.73. The maximum Gasteiger partial charge on any atom is 0.234 e. The highest BCUT2D eigenvalue weighted by molar-refractivity contribution is 7.99. The minimum atomic E-state index is -0.0541. The molecule has 1 fully saturated rings. The second kappa shape index (κ2) is 10.8. The van der Waals surface area contributed by atoms with E-state index in [4.69, 9.17) is 4.74 Å². The highest BCUT2D eigenvalue weighted by Gasteiger charge is 2.16. The predicted octanol–water partition coefficient (Wildman–Crippen LogP) is 3.84. The fourth-order valence-corrected chi connectivity index (χ4v) is 4.60. The quantitative estimate of drug-likeness (QED) is 0.525. The molecule has 0 spiro atoms. The van der Waals surface area contributed by atoms with Crippen molar-refractivity contribution in [3.05, 3.63) is 59.7 Å². The van der Waals surface area contributed by atoms with E-state index in [1.807, 2.05) is 30.3 Å². The van der Waals surface area contributed by atoms with Crippen molar-refractivity contribution in [3.63, 3.8) is 0 Å². The molecule has 1 aromatic heterocycles. The van der Waals surface area contributed by atoms with Gasteiger partial charge in [0.1, 0.15) is 0 Å². The molecule has 168 valence electrons. The third kappa shape index (κ3) is 5.56. The summed E-state index contributed by atoms with van der Waals surface area (Å²) in [6.45, 7) is 9.18. The summed E-state index contributed by atoms with van der Waals surface area (Å²) in [5.41, 5.74) is 4.22. The molecule has 3 aromatic rings. The first-order valence-corrected chi connectivity index (χ1v) is 11.9. The first-order chi connectivity index (χ1) is 15.6. The lowest BCUT2D eigenvalue weighted by atomic mass is 10.1. The van der Waals surface area contributed by atoms with Gasteiger partial charge in [0.2, 0.25) is 5.91 Å². The van der Waals surface area contributed by atoms with Crippen LogP contribution in [0.2, 0.25) is 0 Å². The molecule has 4 rings (SSSR count). The summed E-state index contributed by atoms with van der Waals surface area (Å²) >= 11 is 1.41. The molecule has 1 amide bonds. The molecule has 1 aliphatic heterocycles. The molecule has 0 saturated carbocycles. The zero-order valence-corrected chi connectivity index (χ0v) is 19.4. The van der Waals surface area contributed by atoms with Crippen molar-refractivity contribution in [3.8, 4) is 11.4 Å². The molecule has 0 radical (unpaired) electrons. The number of carbonyl (C=O) groups is 1. The van der Waals surface area contributed by atoms with Crippen LogP contribution in [0.15, 0.2) is 53.7 Å². The number of carbonyl (C=O) groups excluding carboxylic acids is 1. The van der Waals surface area contributed by atoms with E-state index in [1.165, 1.54) is 17.3 Å². The summed E-state index contributed by atoms with van der Waals surface area (Å²) in [5.74, 6) is 1.06. The Morgan fingerprint density at radius 1 is 1.12 bits per heavy atom. The maximum absolute atomic E-state index is 12.6. The highest BCUT2D eigenvalue weighted by atomic mass is 32.2. The molecule has 0 unspecified atom stereocenters. The zero-order chi connectivity index (χ0) is 22.3. The molecule has 8 heteroatoms. The van der Waals surface area contributed by atoms with Crippen molar-refractivity contribution in [2.24, 2.45) is 0 Å². The van der Waals surface area contributed by atoms with Crippen molar-refractivity contribution in [1.29, 1.82) is 0 Å². The highest BCUT2D eigenvalue weighted by Crippen LogP contribution is 2.26. The molecule has 7 nitrogen and oxygen atoms in total. The summed E-state index contributed by atoms with van der Waals surface area (Å²) in [4.78, 5) is 15.0. The van der Waals surface area contributed by atoms with Gasteiger partial charge in [-0.15, -0.1) is 10.2 Å². The number of rotatable bonds is 8. The van der Waals surface area contributed by atoms with E-state index in [0.29, 0.717) is 0 Å². The lowest BCUT2D eigenvalue weighted by Crippen LogP contribution is -2.35. The van der Waals surface area contributed by atoms with Crippen molar-refractivity contribution < 1.29 is 9.53 Å². The fraction of sp³-hybridized carbons (Fsp3) is 0.375. The molecule has 2 heterocycles. The van der Waals surface area contributed by atoms with Crippen LogP contribution in [0, 0.1) is 6.92 Å². The average molecular weight is 452 g/mol. The molecule has 1 aliphatic rings. The number of hydrogen-bond acceptors (Lipinski definition) is 6. The number of ether oxygens (including phenoxy) is 1. The largest absolute Gasteiger partial charge is 0.379 e. The Labute approximate surface area is 193 Å². The number of nitrogens with zero attached hydrogens (tertiary/aromatic N) is 4. The monoisotopic (exact) mass is 451 g/mol. The number of hydrogen-bond donors (Lipinski definition) is 1. The van der Waals surface area contributed by atoms with E-state index in [9.17, 15) is 4.79 Å². The summed E-state index contributed by atoms with van der Waals surface area (Å²) in [6.07, 6.45) is 0. The molecular weight excluding hydrogens is 422 g/mol. The van der Waals surface area contributed by atoms with Gasteiger partial charge in [0.15, 0.2) is 11.0 Å². The van der Waals surface area contributed by atoms with Crippen LogP contribution >= 0.6 is 11.8 Å². The van der Waals surface area contributed by atoms with E-state index >= 15 is 0 Å². The number of aromatic nitrogens is 3. The Morgan fingerprint density at radius 2 is 1.94 bits per heavy atom. The zero-order valence-electron chi connectivity index (χ0n) is 18.6. The standard InChI is InChI=1S/C24H29N5O2S/c1-3-29-23(21-10-5-4-7-18(21)2)26-27-24(29)32-17-22(30)25-20-9-6-8-19(15-20)16-28-11-13-31-14-12-28/h4-10,15H,3,11-14,16-17H2,1-2H3,(H,25,30). The molecule has 32 heavy (non-hydrogen) atoms. The van der Waals surface area contributed by atoms with Crippen LogP contribution in [-0.4, -0.2) is 57.6 Å². The third-order valence-corrected chi connectivity index (χ3v) is 6.44. The van der Waals surface area contributed by atoms with Crippen LogP contribution < -0.4 is 5.32 Å². The number of benzene rings is 2. The summed E-state index contributed by atoms with van der Waals surface area (Å²) < 4.78 is 7.47. The lowest BCUT2D eigenvalue weighted by Gasteiger charge is -2.26. The molecule has 0 bridgehead atoms. The maximum atomic E-state index is 12.6. The van der Waals surface area contributed by atoms with Crippen LogP contribution in [0.1, 0.15) is 18.1 Å². The Kier molecular flexibility index (Phi) is 7.57. The minimum Gasteiger partial charge on any atom is -0.379 e. The molecular formula is C24H29N5O2S. The summed E-state index contributed by atoms with van der Waals surface area (Å²) in [7, 11) is 0. The van der Waals surface area contributed by atoms with Gasteiger partial charge < -0.3 is 14.6 Å². The Balaban J connectivity index is 1.36. The van der Waals surface area contributed by atoms with Crippen molar-refractivity contribution in [1.82, 2.24) is 19.7 Å². The van der Waals surface area contributed by atoms with Crippen LogP contribution in [0.4, 0.5) is 5.69 Å². The van der Waals surface area contributed by atoms with Gasteiger partial charge >= 0.3 is 0 Å². The summed E-state index contributed by atoms with van der Waals surface area (Å²) in [6, 6.07) is 16.2. The van der Waals surface area contributed by atoms with Crippen LogP contribution in [0.5, 0.6) is 0 Å². The van der Waals surface area contributed by atoms with Gasteiger partial charge in [-0.3, -0.25) is 9.69 Å². The lowest BCUT2D eigenvalue weighted by molar-refractivity contribution is -0.113. The van der Waals surface area contributed by atoms with Crippen LogP contribution in [0.3, 0.4) is 0 Å². The van der Waals surface area contributed by atoms with E-state index in [2.05, 4.69) is 57.0 Å². The first-order valence-electron chi connectivity index (χ1n) is 10.9. The van der Waals surface area contributed by atoms with Crippen LogP contribution in [-0.2, 0) is 22.6 Å². The fourth-order valence-electron chi connectivity index (χ4n) is 3.80. The second-order valence-electron chi connectivity index (χ2n) is 7.79. The number of aryl methyl sites for hydroxylation is 1. The van der Waals surface area contributed by atoms with Crippen molar-refractivity contribution >= 4 is 23.4 Å². The van der Waals surface area contributed by atoms with Gasteiger partial charge in [0.25, 0.3) is 0 Å². The summed E-state index contributed by atoms with van der Waals surface area (Å²) in [5, 5.41) is 12.5. The minimum absolute atomic E-state index is 0.0541. The topological polar surface area (TPSA) is 72.3 Å². The van der Waals surface area contributed by atoms with Crippen molar-refractivity contribution in [2.45, 2.75) is 32.1 Å². The molecule has 1 N–H and O–H groups in total. The number of nitrogens with one attached hydrogen (secondary N) is 1. The van der Waals surface area contributed by atoms with E-state index in [0.717, 1.165) is 67.2 Å². The van der Waals surface area contributed by atoms with E-state index in [1.54, 1.807) is 0 Å². The SMILES string of the molecule is CCn1c(SCC(=O)Nc2cccc(CN3CCOCC3)c2)nnc1-c1ccccc1C. The number of amides is 1. The van der Waals surface area contributed by atoms with Gasteiger partial charge in [-0.1, -0.05) is 48.2 Å². The van der Waals surface area contributed by atoms with Gasteiger partial charge in [-0.05, 0) is 37.1 Å². The number of morpholine rings is 1. The molecule has 0 aliphatic carbocycles. The molecule has 2 aromatic carbocycles. The molecule has 0 atom stereocenters. The van der Waals surface area contributed by atoms with Gasteiger partial charge in [-0.2, -0.15) is 0 Å². The Bertz CT molecular complexity index is 1060. The van der Waals surface area contributed by atoms with E-state index in [-0.39, 0.29) is 11.7 Å². The Hall–Kier alpha value is -2.68. The first kappa shape index (κ1) is 22.5. The Morgan fingerprint density at radius 3 is 2.72 bits per heavy atom.